The summed E-state index contributed by atoms with van der Waals surface area (Å²) in [7, 11) is 3.25. The average molecular weight is 353 g/mol. The zero-order valence-electron chi connectivity index (χ0n) is 12.1. The molecule has 0 radical (unpaired) electrons. The van der Waals surface area contributed by atoms with Crippen LogP contribution in [-0.2, 0) is 13.5 Å². The van der Waals surface area contributed by atoms with E-state index in [1.165, 1.54) is 4.68 Å². The van der Waals surface area contributed by atoms with Gasteiger partial charge in [-0.1, -0.05) is 22.9 Å². The zero-order chi connectivity index (χ0) is 15.6. The van der Waals surface area contributed by atoms with Gasteiger partial charge in [0.15, 0.2) is 0 Å². The molecule has 1 aromatic heterocycles. The van der Waals surface area contributed by atoms with Gasteiger partial charge in [-0.2, -0.15) is 5.10 Å². The zero-order valence-corrected chi connectivity index (χ0v) is 13.7. The van der Waals surface area contributed by atoms with Crippen molar-refractivity contribution in [2.24, 2.45) is 7.05 Å². The quantitative estimate of drug-likeness (QED) is 0.885. The first-order chi connectivity index (χ1) is 9.97. The standard InChI is InChI=1S/C14H17BrN4O2/c1-4-9-12(16)13(19(2)18-9)14(20)17-10-7-8(15)5-6-11(10)21-3/h5-7H,4,16H2,1-3H3,(H,17,20). The smallest absolute Gasteiger partial charge is 0.276 e. The molecule has 0 saturated heterocycles. The molecule has 0 bridgehead atoms. The molecular formula is C14H17BrN4O2. The highest BCUT2D eigenvalue weighted by Crippen LogP contribution is 2.29. The van der Waals surface area contributed by atoms with Crippen LogP contribution < -0.4 is 15.8 Å². The van der Waals surface area contributed by atoms with Crippen molar-refractivity contribution >= 4 is 33.2 Å². The largest absolute Gasteiger partial charge is 0.495 e. The van der Waals surface area contributed by atoms with E-state index in [0.29, 0.717) is 34.9 Å². The number of nitrogens with zero attached hydrogens (tertiary/aromatic N) is 2. The van der Waals surface area contributed by atoms with Gasteiger partial charge in [-0.15, -0.1) is 0 Å². The lowest BCUT2D eigenvalue weighted by molar-refractivity contribution is 0.101. The molecule has 0 aliphatic heterocycles. The summed E-state index contributed by atoms with van der Waals surface area (Å²) < 4.78 is 7.57. The van der Waals surface area contributed by atoms with Crippen molar-refractivity contribution in [3.63, 3.8) is 0 Å². The number of nitrogen functional groups attached to an aromatic ring is 1. The first kappa shape index (κ1) is 15.4. The van der Waals surface area contributed by atoms with E-state index in [1.54, 1.807) is 26.3 Å². The third kappa shape index (κ3) is 3.02. The molecule has 2 aromatic rings. The lowest BCUT2D eigenvalue weighted by atomic mass is 10.2. The van der Waals surface area contributed by atoms with Crippen molar-refractivity contribution in [2.45, 2.75) is 13.3 Å². The van der Waals surface area contributed by atoms with Gasteiger partial charge in [-0.25, -0.2) is 0 Å². The van der Waals surface area contributed by atoms with Crippen LogP contribution in [0.3, 0.4) is 0 Å². The van der Waals surface area contributed by atoms with Crippen LogP contribution in [0.25, 0.3) is 0 Å². The highest BCUT2D eigenvalue weighted by atomic mass is 79.9. The molecule has 1 heterocycles. The number of hydrogen-bond donors (Lipinski definition) is 2. The minimum absolute atomic E-state index is 0.321. The monoisotopic (exact) mass is 352 g/mol. The van der Waals surface area contributed by atoms with Crippen LogP contribution >= 0.6 is 15.9 Å². The van der Waals surface area contributed by atoms with Crippen molar-refractivity contribution in [3.8, 4) is 5.75 Å². The Morgan fingerprint density at radius 1 is 1.52 bits per heavy atom. The number of carbonyl (C=O) groups excluding carboxylic acids is 1. The van der Waals surface area contributed by atoms with Crippen molar-refractivity contribution < 1.29 is 9.53 Å². The number of anilines is 2. The summed E-state index contributed by atoms with van der Waals surface area (Å²) in [5.74, 6) is 0.251. The molecule has 0 fully saturated rings. The lowest BCUT2D eigenvalue weighted by Gasteiger charge is -2.11. The van der Waals surface area contributed by atoms with Gasteiger partial charge in [0, 0.05) is 11.5 Å². The number of rotatable bonds is 4. The molecule has 0 aliphatic carbocycles. The lowest BCUT2D eigenvalue weighted by Crippen LogP contribution is -2.18. The Morgan fingerprint density at radius 2 is 2.24 bits per heavy atom. The van der Waals surface area contributed by atoms with Gasteiger partial charge >= 0.3 is 0 Å². The number of halogens is 1. The predicted octanol–water partition coefficient (Wildman–Crippen LogP) is 2.59. The minimum atomic E-state index is -0.321. The van der Waals surface area contributed by atoms with Gasteiger partial charge in [0.05, 0.1) is 24.2 Å². The Bertz CT molecular complexity index is 682. The van der Waals surface area contributed by atoms with Crippen molar-refractivity contribution in [1.82, 2.24) is 9.78 Å². The Hall–Kier alpha value is -2.02. The second-order valence-electron chi connectivity index (χ2n) is 4.48. The third-order valence-electron chi connectivity index (χ3n) is 3.12. The molecular weight excluding hydrogens is 336 g/mol. The van der Waals surface area contributed by atoms with Crippen molar-refractivity contribution in [1.29, 1.82) is 0 Å². The summed E-state index contributed by atoms with van der Waals surface area (Å²) in [6.45, 7) is 1.94. The van der Waals surface area contributed by atoms with E-state index in [1.807, 2.05) is 13.0 Å². The molecule has 0 spiro atoms. The summed E-state index contributed by atoms with van der Waals surface area (Å²) in [4.78, 5) is 12.4. The number of nitrogens with two attached hydrogens (primary N) is 1. The van der Waals surface area contributed by atoms with E-state index in [4.69, 9.17) is 10.5 Å². The first-order valence-electron chi connectivity index (χ1n) is 6.44. The summed E-state index contributed by atoms with van der Waals surface area (Å²) in [5, 5.41) is 7.04. The second-order valence-corrected chi connectivity index (χ2v) is 5.40. The van der Waals surface area contributed by atoms with Crippen LogP contribution in [0.5, 0.6) is 5.75 Å². The Kier molecular flexibility index (Phi) is 4.52. The van der Waals surface area contributed by atoms with Gasteiger partial charge in [-0.3, -0.25) is 9.48 Å². The Balaban J connectivity index is 2.35. The molecule has 21 heavy (non-hydrogen) atoms. The number of hydrogen-bond acceptors (Lipinski definition) is 4. The van der Waals surface area contributed by atoms with E-state index in [9.17, 15) is 4.79 Å². The maximum absolute atomic E-state index is 12.4. The molecule has 0 aliphatic rings. The topological polar surface area (TPSA) is 82.2 Å². The maximum atomic E-state index is 12.4. The molecule has 7 heteroatoms. The minimum Gasteiger partial charge on any atom is -0.495 e. The van der Waals surface area contributed by atoms with Gasteiger partial charge in [0.25, 0.3) is 5.91 Å². The summed E-state index contributed by atoms with van der Waals surface area (Å²) in [6, 6.07) is 5.37. The predicted molar refractivity (Wildman–Crippen MR) is 85.6 cm³/mol. The van der Waals surface area contributed by atoms with Crippen molar-refractivity contribution in [2.75, 3.05) is 18.2 Å². The van der Waals surface area contributed by atoms with Gasteiger partial charge < -0.3 is 15.8 Å². The van der Waals surface area contributed by atoms with E-state index in [0.717, 1.165) is 4.47 Å². The van der Waals surface area contributed by atoms with Gasteiger partial charge in [0.2, 0.25) is 0 Å². The molecule has 2 rings (SSSR count). The molecule has 0 unspecified atom stereocenters. The van der Waals surface area contributed by atoms with Crippen LogP contribution in [-0.4, -0.2) is 22.8 Å². The number of aromatic nitrogens is 2. The fourth-order valence-corrected chi connectivity index (χ4v) is 2.45. The van der Waals surface area contributed by atoms with Crippen LogP contribution in [0.1, 0.15) is 23.1 Å². The highest BCUT2D eigenvalue weighted by Gasteiger charge is 2.20. The van der Waals surface area contributed by atoms with Crippen molar-refractivity contribution in [3.05, 3.63) is 34.1 Å². The number of benzene rings is 1. The molecule has 112 valence electrons. The normalized spacial score (nSPS) is 10.5. The summed E-state index contributed by atoms with van der Waals surface area (Å²) in [6.07, 6.45) is 0.674. The average Bonchev–Trinajstić information content (AvgIpc) is 2.73. The first-order valence-corrected chi connectivity index (χ1v) is 7.23. The van der Waals surface area contributed by atoms with E-state index < -0.39 is 0 Å². The second kappa shape index (κ2) is 6.17. The van der Waals surface area contributed by atoms with Gasteiger partial charge in [0.1, 0.15) is 11.4 Å². The number of amides is 1. The maximum Gasteiger partial charge on any atom is 0.276 e. The number of carbonyl (C=O) groups is 1. The SMILES string of the molecule is CCc1nn(C)c(C(=O)Nc2cc(Br)ccc2OC)c1N. The van der Waals surface area contributed by atoms with Crippen LogP contribution in [0.2, 0.25) is 0 Å². The number of ether oxygens (including phenoxy) is 1. The van der Waals surface area contributed by atoms with E-state index in [-0.39, 0.29) is 5.91 Å². The summed E-state index contributed by atoms with van der Waals surface area (Å²) in [5.41, 5.74) is 8.01. The molecule has 6 nitrogen and oxygen atoms in total. The van der Waals surface area contributed by atoms with Crippen LogP contribution in [0.4, 0.5) is 11.4 Å². The molecule has 3 N–H and O–H groups in total. The fraction of sp³-hybridized carbons (Fsp3) is 0.286. The van der Waals surface area contributed by atoms with E-state index in [2.05, 4.69) is 26.3 Å². The number of nitrogens with one attached hydrogen (secondary N) is 1. The Labute approximate surface area is 131 Å². The Morgan fingerprint density at radius 3 is 2.81 bits per heavy atom. The third-order valence-corrected chi connectivity index (χ3v) is 3.61. The molecule has 0 saturated carbocycles. The van der Waals surface area contributed by atoms with Crippen LogP contribution in [0, 0.1) is 0 Å². The molecule has 0 atom stereocenters. The van der Waals surface area contributed by atoms with E-state index >= 15 is 0 Å². The molecule has 1 aromatic carbocycles. The molecule has 1 amide bonds. The highest BCUT2D eigenvalue weighted by molar-refractivity contribution is 9.10. The number of methoxy groups -OCH3 is 1. The summed E-state index contributed by atoms with van der Waals surface area (Å²) >= 11 is 3.37. The van der Waals surface area contributed by atoms with Gasteiger partial charge in [-0.05, 0) is 24.6 Å². The fourth-order valence-electron chi connectivity index (χ4n) is 2.09. The number of aryl methyl sites for hydroxylation is 2. The van der Waals surface area contributed by atoms with Crippen LogP contribution in [0.15, 0.2) is 22.7 Å².